The van der Waals surface area contributed by atoms with Crippen molar-refractivity contribution >= 4 is 23.9 Å². The molecule has 6 aliphatic rings. The molecule has 2 saturated heterocycles. The van der Waals surface area contributed by atoms with Crippen molar-refractivity contribution in [2.45, 2.75) is 169 Å². The third-order valence-corrected chi connectivity index (χ3v) is 15.3. The second-order valence-electron chi connectivity index (χ2n) is 19.4. The van der Waals surface area contributed by atoms with Crippen molar-refractivity contribution in [1.29, 1.82) is 0 Å². The molecule has 0 aromatic carbocycles. The molecule has 6 rings (SSSR count). The maximum atomic E-state index is 12.5. The molecule has 12 nitrogen and oxygen atoms in total. The maximum Gasteiger partial charge on any atom is 0.303 e. The van der Waals surface area contributed by atoms with Gasteiger partial charge in [0.25, 0.3) is 0 Å². The molecule has 2 bridgehead atoms. The minimum atomic E-state index is -1.30. The first kappa shape index (κ1) is 42.8. The van der Waals surface area contributed by atoms with Gasteiger partial charge in [-0.05, 0) is 87.4 Å². The summed E-state index contributed by atoms with van der Waals surface area (Å²) in [7, 11) is 0. The van der Waals surface area contributed by atoms with Crippen LogP contribution in [-0.2, 0) is 52.3 Å². The Bertz CT molecular complexity index is 1600. The van der Waals surface area contributed by atoms with E-state index in [0.29, 0.717) is 30.8 Å². The van der Waals surface area contributed by atoms with Crippen LogP contribution in [0.15, 0.2) is 24.3 Å². The van der Waals surface area contributed by atoms with Gasteiger partial charge in [-0.1, -0.05) is 58.9 Å². The van der Waals surface area contributed by atoms with Gasteiger partial charge in [0.1, 0.15) is 12.7 Å². The van der Waals surface area contributed by atoms with Gasteiger partial charge >= 0.3 is 23.9 Å². The topological polar surface area (TPSA) is 153 Å². The molecule has 314 valence electrons. The van der Waals surface area contributed by atoms with Crippen molar-refractivity contribution in [3.8, 4) is 0 Å². The number of hydrogen-bond acceptors (Lipinski definition) is 12. The molecular formula is C44H66O12. The van der Waals surface area contributed by atoms with Gasteiger partial charge in [0.15, 0.2) is 24.6 Å². The van der Waals surface area contributed by atoms with Crippen LogP contribution >= 0.6 is 0 Å². The molecule has 2 aliphatic heterocycles. The van der Waals surface area contributed by atoms with Crippen LogP contribution in [0.5, 0.6) is 0 Å². The molecule has 1 spiro atoms. The highest BCUT2D eigenvalue weighted by molar-refractivity contribution is 5.68. The number of carbonyl (C=O) groups is 4. The fourth-order valence-electron chi connectivity index (χ4n) is 12.6. The average Bonchev–Trinajstić information content (AvgIpc) is 3.47. The van der Waals surface area contributed by atoms with Crippen LogP contribution < -0.4 is 0 Å². The van der Waals surface area contributed by atoms with Crippen LogP contribution in [0, 0.1) is 45.3 Å². The Morgan fingerprint density at radius 2 is 1.50 bits per heavy atom. The van der Waals surface area contributed by atoms with E-state index in [4.69, 9.17) is 33.2 Å². The Labute approximate surface area is 332 Å². The highest BCUT2D eigenvalue weighted by atomic mass is 16.7. The summed E-state index contributed by atoms with van der Waals surface area (Å²) in [6.45, 7) is 20.7. The number of esters is 4. The van der Waals surface area contributed by atoms with E-state index in [1.54, 1.807) is 0 Å². The number of rotatable bonds is 11. The van der Waals surface area contributed by atoms with E-state index < -0.39 is 77.3 Å². The van der Waals surface area contributed by atoms with E-state index in [-0.39, 0.29) is 28.8 Å². The molecule has 0 aromatic heterocycles. The van der Waals surface area contributed by atoms with Crippen molar-refractivity contribution in [3.05, 3.63) is 24.3 Å². The Hall–Kier alpha value is -2.80. The third kappa shape index (κ3) is 7.16. The summed E-state index contributed by atoms with van der Waals surface area (Å²) in [6.07, 6.45) is 9.36. The molecule has 14 unspecified atom stereocenters. The average molecular weight is 787 g/mol. The Kier molecular flexibility index (Phi) is 11.5. The van der Waals surface area contributed by atoms with Crippen LogP contribution in [0.4, 0.5) is 0 Å². The minimum absolute atomic E-state index is 0.0153. The Morgan fingerprint density at radius 3 is 2.12 bits per heavy atom. The molecule has 1 N–H and O–H groups in total. The van der Waals surface area contributed by atoms with E-state index in [0.717, 1.165) is 25.7 Å². The molecule has 56 heavy (non-hydrogen) atoms. The van der Waals surface area contributed by atoms with Crippen molar-refractivity contribution in [2.24, 2.45) is 45.3 Å². The lowest BCUT2D eigenvalue weighted by Crippen LogP contribution is -2.67. The van der Waals surface area contributed by atoms with Gasteiger partial charge < -0.3 is 38.3 Å². The van der Waals surface area contributed by atoms with Gasteiger partial charge in [0.05, 0.1) is 23.9 Å². The number of hydrogen-bond donors (Lipinski definition) is 1. The zero-order chi connectivity index (χ0) is 41.2. The predicted octanol–water partition coefficient (Wildman–Crippen LogP) is 6.40. The standard InChI is InChI=1S/C44H66O12/c1-25(13-12-18-39(6,7)49)30-16-19-42(11)32-17-20-44-33(43(32,24-51-44)22-21-41(30,42)10)14-15-34(40(44,8)9)56-38-37(54-29(5)48)36(53-28(4)47)35(52-27(3)46)31(55-38)23-50-26(2)45/h12,17-18,20,25,30-38,49H,13-16,19,21-24H2,1-11H3. The molecule has 3 saturated carbocycles. The van der Waals surface area contributed by atoms with Gasteiger partial charge in [-0.15, -0.1) is 0 Å². The first-order valence-corrected chi connectivity index (χ1v) is 20.7. The van der Waals surface area contributed by atoms with Crippen molar-refractivity contribution in [3.63, 3.8) is 0 Å². The zero-order valence-corrected chi connectivity index (χ0v) is 35.4. The molecule has 0 aromatic rings. The van der Waals surface area contributed by atoms with Gasteiger partial charge in [-0.25, -0.2) is 0 Å². The number of fused-ring (bicyclic) bond motifs is 2. The quantitative estimate of drug-likeness (QED) is 0.140. The smallest absolute Gasteiger partial charge is 0.303 e. The van der Waals surface area contributed by atoms with Gasteiger partial charge in [0.2, 0.25) is 0 Å². The second-order valence-corrected chi connectivity index (χ2v) is 19.4. The predicted molar refractivity (Wildman–Crippen MR) is 204 cm³/mol. The molecule has 0 radical (unpaired) electrons. The van der Waals surface area contributed by atoms with Crippen LogP contribution in [0.2, 0.25) is 0 Å². The summed E-state index contributed by atoms with van der Waals surface area (Å²) in [5.74, 6) is -0.896. The van der Waals surface area contributed by atoms with Crippen LogP contribution in [-0.4, -0.2) is 90.2 Å². The lowest BCUT2D eigenvalue weighted by atomic mass is 9.38. The third-order valence-electron chi connectivity index (χ3n) is 15.3. The first-order chi connectivity index (χ1) is 26.0. The Balaban J connectivity index is 1.29. The van der Waals surface area contributed by atoms with E-state index in [1.807, 2.05) is 19.9 Å². The molecule has 4 aliphatic carbocycles. The number of aliphatic hydroxyl groups is 1. The normalized spacial score (nSPS) is 42.9. The minimum Gasteiger partial charge on any atom is -0.463 e. The summed E-state index contributed by atoms with van der Waals surface area (Å²) >= 11 is 0. The molecule has 0 amide bonds. The van der Waals surface area contributed by atoms with Crippen LogP contribution in [0.3, 0.4) is 0 Å². The Morgan fingerprint density at radius 1 is 0.857 bits per heavy atom. The monoisotopic (exact) mass is 786 g/mol. The van der Waals surface area contributed by atoms with Gasteiger partial charge in [0, 0.05) is 44.4 Å². The number of allylic oxidation sites excluding steroid dienone is 2. The first-order valence-electron chi connectivity index (χ1n) is 20.7. The second kappa shape index (κ2) is 15.1. The van der Waals surface area contributed by atoms with Crippen LogP contribution in [0.25, 0.3) is 0 Å². The highest BCUT2D eigenvalue weighted by Crippen LogP contribution is 2.77. The maximum absolute atomic E-state index is 12.5. The molecule has 2 heterocycles. The lowest BCUT2D eigenvalue weighted by molar-refractivity contribution is -0.333. The van der Waals surface area contributed by atoms with E-state index in [2.05, 4.69) is 52.8 Å². The van der Waals surface area contributed by atoms with Gasteiger partial charge in [-0.3, -0.25) is 19.2 Å². The SMILES string of the molecule is CC(=O)OCC1OC(OC2CCC3C45CCC6(C)C(C(C)CC=CC(C)(C)O)CCC6(C)C4C=CC3(OC5)C2(C)C)C(OC(C)=O)C(OC(C)=O)C1OC(C)=O. The van der Waals surface area contributed by atoms with E-state index in [9.17, 15) is 24.3 Å². The molecular weight excluding hydrogens is 720 g/mol. The summed E-state index contributed by atoms with van der Waals surface area (Å²) in [6, 6.07) is 0. The summed E-state index contributed by atoms with van der Waals surface area (Å²) < 4.78 is 42.7. The van der Waals surface area contributed by atoms with Crippen molar-refractivity contribution in [2.75, 3.05) is 13.2 Å². The van der Waals surface area contributed by atoms with E-state index >= 15 is 0 Å². The highest BCUT2D eigenvalue weighted by Gasteiger charge is 2.75. The molecule has 14 atom stereocenters. The largest absolute Gasteiger partial charge is 0.463 e. The summed E-state index contributed by atoms with van der Waals surface area (Å²) in [5.41, 5.74) is -1.76. The van der Waals surface area contributed by atoms with E-state index in [1.165, 1.54) is 40.5 Å². The van der Waals surface area contributed by atoms with Crippen molar-refractivity contribution in [1.82, 2.24) is 0 Å². The zero-order valence-electron chi connectivity index (χ0n) is 35.4. The summed E-state index contributed by atoms with van der Waals surface area (Å²) in [4.78, 5) is 49.1. The molecule has 5 fully saturated rings. The van der Waals surface area contributed by atoms with Gasteiger partial charge in [-0.2, -0.15) is 0 Å². The molecule has 12 heteroatoms. The lowest BCUT2D eigenvalue weighted by Gasteiger charge is -2.65. The van der Waals surface area contributed by atoms with Crippen LogP contribution in [0.1, 0.15) is 121 Å². The number of ether oxygens (including phenoxy) is 7. The van der Waals surface area contributed by atoms with Crippen molar-refractivity contribution < 1.29 is 57.4 Å². The summed E-state index contributed by atoms with van der Waals surface area (Å²) in [5, 5.41) is 10.3. The number of carbonyl (C=O) groups excluding carboxylic acids is 4. The fraction of sp³-hybridized carbons (Fsp3) is 0.818. The fourth-order valence-corrected chi connectivity index (χ4v) is 12.6.